The number of ether oxygens (including phenoxy) is 1. The first kappa shape index (κ1) is 23.5. The van der Waals surface area contributed by atoms with Crippen molar-refractivity contribution in [2.75, 3.05) is 67.0 Å². The Morgan fingerprint density at radius 3 is 2.57 bits per heavy atom. The Morgan fingerprint density at radius 2 is 1.86 bits per heavy atom. The third-order valence-corrected chi connectivity index (χ3v) is 6.67. The molecule has 1 fully saturated rings. The molecule has 1 aromatic heterocycles. The second-order valence-electron chi connectivity index (χ2n) is 8.32. The van der Waals surface area contributed by atoms with Gasteiger partial charge in [-0.05, 0) is 24.3 Å². The van der Waals surface area contributed by atoms with Crippen LogP contribution in [-0.4, -0.2) is 62.9 Å². The lowest BCUT2D eigenvalue weighted by Gasteiger charge is -2.35. The number of methoxy groups -OCH3 is 1. The number of carbonyl (C=O) groups is 1. The highest BCUT2D eigenvalue weighted by Crippen LogP contribution is 2.38. The predicted molar refractivity (Wildman–Crippen MR) is 140 cm³/mol. The standard InChI is InChI=1S/C24H25Cl2N7O2/c1-31-14-33(21-17(25)4-3-5-18(21)26)23(34)16-13-28-24(30-22(16)31)29-15-6-7-19(20(12-15)35-2)32-10-8-27-9-11-32/h3-7,12-13,27H,8-11,14H2,1-2H3,(H,28,29,30). The SMILES string of the molecule is COc1cc(Nc2ncc3c(n2)N(C)CN(c2c(Cl)cccc2Cl)C3=O)ccc1N1CCNCC1. The minimum atomic E-state index is -0.262. The molecule has 1 amide bonds. The van der Waals surface area contributed by atoms with Crippen molar-refractivity contribution in [2.45, 2.75) is 0 Å². The summed E-state index contributed by atoms with van der Waals surface area (Å²) in [5.41, 5.74) is 2.67. The first-order chi connectivity index (χ1) is 17.0. The van der Waals surface area contributed by atoms with E-state index in [2.05, 4.69) is 25.5 Å². The number of benzene rings is 2. The van der Waals surface area contributed by atoms with E-state index in [1.54, 1.807) is 25.3 Å². The van der Waals surface area contributed by atoms with Gasteiger partial charge in [0.15, 0.2) is 0 Å². The van der Waals surface area contributed by atoms with E-state index in [4.69, 9.17) is 27.9 Å². The lowest BCUT2D eigenvalue weighted by Crippen LogP contribution is -2.46. The van der Waals surface area contributed by atoms with E-state index in [9.17, 15) is 4.79 Å². The molecule has 2 aliphatic heterocycles. The maximum absolute atomic E-state index is 13.3. The number of aromatic nitrogens is 2. The van der Waals surface area contributed by atoms with Crippen LogP contribution >= 0.6 is 23.2 Å². The molecule has 2 aromatic carbocycles. The molecule has 5 rings (SSSR count). The number of rotatable bonds is 5. The van der Waals surface area contributed by atoms with Gasteiger partial charge in [-0.1, -0.05) is 29.3 Å². The molecule has 0 aliphatic carbocycles. The zero-order valence-corrected chi connectivity index (χ0v) is 20.9. The van der Waals surface area contributed by atoms with Gasteiger partial charge in [-0.3, -0.25) is 9.69 Å². The Kier molecular flexibility index (Phi) is 6.55. The van der Waals surface area contributed by atoms with Crippen LogP contribution < -0.4 is 30.1 Å². The normalized spacial score (nSPS) is 15.8. The van der Waals surface area contributed by atoms with Gasteiger partial charge in [0.05, 0.1) is 35.2 Å². The van der Waals surface area contributed by atoms with Gasteiger partial charge in [0.2, 0.25) is 5.95 Å². The number of halogens is 2. The first-order valence-electron chi connectivity index (χ1n) is 11.2. The number of piperazine rings is 1. The van der Waals surface area contributed by atoms with Crippen LogP contribution in [0.3, 0.4) is 0 Å². The molecule has 0 bridgehead atoms. The summed E-state index contributed by atoms with van der Waals surface area (Å²) in [6.07, 6.45) is 1.52. The molecule has 2 aliphatic rings. The minimum absolute atomic E-state index is 0.249. The zero-order chi connectivity index (χ0) is 24.5. The van der Waals surface area contributed by atoms with Crippen LogP contribution in [0.5, 0.6) is 5.75 Å². The van der Waals surface area contributed by atoms with Crippen LogP contribution in [0, 0.1) is 0 Å². The summed E-state index contributed by atoms with van der Waals surface area (Å²) in [7, 11) is 3.52. The maximum atomic E-state index is 13.3. The van der Waals surface area contributed by atoms with Crippen molar-refractivity contribution in [1.29, 1.82) is 0 Å². The number of nitrogens with zero attached hydrogens (tertiary/aromatic N) is 5. The van der Waals surface area contributed by atoms with Crippen LogP contribution in [0.1, 0.15) is 10.4 Å². The molecule has 11 heteroatoms. The van der Waals surface area contributed by atoms with Gasteiger partial charge >= 0.3 is 0 Å². The van der Waals surface area contributed by atoms with Gasteiger partial charge < -0.3 is 25.2 Å². The van der Waals surface area contributed by atoms with Crippen LogP contribution in [-0.2, 0) is 0 Å². The minimum Gasteiger partial charge on any atom is -0.495 e. The highest BCUT2D eigenvalue weighted by atomic mass is 35.5. The molecule has 0 radical (unpaired) electrons. The van der Waals surface area contributed by atoms with E-state index in [1.165, 1.54) is 11.1 Å². The number of anilines is 5. The number of hydrogen-bond donors (Lipinski definition) is 2. The van der Waals surface area contributed by atoms with Crippen molar-refractivity contribution in [1.82, 2.24) is 15.3 Å². The highest BCUT2D eigenvalue weighted by molar-refractivity contribution is 6.40. The quantitative estimate of drug-likeness (QED) is 0.529. The average molecular weight is 514 g/mol. The Labute approximate surface area is 213 Å². The largest absolute Gasteiger partial charge is 0.495 e. The van der Waals surface area contributed by atoms with Crippen molar-refractivity contribution in [2.24, 2.45) is 0 Å². The first-order valence-corrected chi connectivity index (χ1v) is 12.0. The zero-order valence-electron chi connectivity index (χ0n) is 19.4. The fourth-order valence-electron chi connectivity index (χ4n) is 4.33. The Bertz CT molecular complexity index is 1250. The van der Waals surface area contributed by atoms with Gasteiger partial charge in [-0.15, -0.1) is 0 Å². The van der Waals surface area contributed by atoms with Crippen molar-refractivity contribution in [3.05, 3.63) is 58.2 Å². The van der Waals surface area contributed by atoms with Gasteiger partial charge in [-0.25, -0.2) is 4.98 Å². The molecular weight excluding hydrogens is 489 g/mol. The Balaban J connectivity index is 1.40. The number of hydrogen-bond acceptors (Lipinski definition) is 8. The fourth-order valence-corrected chi connectivity index (χ4v) is 4.94. The molecule has 35 heavy (non-hydrogen) atoms. The second-order valence-corrected chi connectivity index (χ2v) is 9.14. The average Bonchev–Trinajstić information content (AvgIpc) is 2.87. The summed E-state index contributed by atoms with van der Waals surface area (Å²) in [4.78, 5) is 28.0. The number of nitrogens with one attached hydrogen (secondary N) is 2. The Morgan fingerprint density at radius 1 is 1.11 bits per heavy atom. The molecule has 3 heterocycles. The third kappa shape index (κ3) is 4.54. The monoisotopic (exact) mass is 513 g/mol. The van der Waals surface area contributed by atoms with Crippen molar-refractivity contribution in [3.8, 4) is 5.75 Å². The second kappa shape index (κ2) is 9.77. The van der Waals surface area contributed by atoms with Gasteiger partial charge in [0, 0.05) is 51.2 Å². The molecule has 182 valence electrons. The topological polar surface area (TPSA) is 85.9 Å². The molecule has 0 atom stereocenters. The molecule has 1 saturated heterocycles. The lowest BCUT2D eigenvalue weighted by atomic mass is 10.2. The van der Waals surface area contributed by atoms with Crippen LogP contribution in [0.25, 0.3) is 0 Å². The molecule has 2 N–H and O–H groups in total. The van der Waals surface area contributed by atoms with E-state index in [0.29, 0.717) is 33.1 Å². The summed E-state index contributed by atoms with van der Waals surface area (Å²) >= 11 is 12.7. The summed E-state index contributed by atoms with van der Waals surface area (Å²) in [6, 6.07) is 11.1. The van der Waals surface area contributed by atoms with E-state index in [0.717, 1.165) is 43.3 Å². The van der Waals surface area contributed by atoms with Crippen LogP contribution in [0.15, 0.2) is 42.6 Å². The molecule has 9 nitrogen and oxygen atoms in total. The number of para-hydroxylation sites is 1. The van der Waals surface area contributed by atoms with Gasteiger partial charge in [-0.2, -0.15) is 4.98 Å². The van der Waals surface area contributed by atoms with E-state index < -0.39 is 0 Å². The molecule has 0 unspecified atom stereocenters. The van der Waals surface area contributed by atoms with E-state index in [1.807, 2.05) is 30.1 Å². The summed E-state index contributed by atoms with van der Waals surface area (Å²) in [5.74, 6) is 1.41. The fraction of sp³-hybridized carbons (Fsp3) is 0.292. The van der Waals surface area contributed by atoms with Crippen molar-refractivity contribution >= 4 is 57.9 Å². The van der Waals surface area contributed by atoms with Crippen LogP contribution in [0.4, 0.5) is 28.8 Å². The van der Waals surface area contributed by atoms with Crippen molar-refractivity contribution in [3.63, 3.8) is 0 Å². The summed E-state index contributed by atoms with van der Waals surface area (Å²) in [5, 5.41) is 7.39. The summed E-state index contributed by atoms with van der Waals surface area (Å²) in [6.45, 7) is 3.98. The smallest absolute Gasteiger partial charge is 0.265 e. The highest BCUT2D eigenvalue weighted by Gasteiger charge is 2.32. The lowest BCUT2D eigenvalue weighted by molar-refractivity contribution is 0.0982. The molecule has 0 saturated carbocycles. The summed E-state index contributed by atoms with van der Waals surface area (Å²) < 4.78 is 5.65. The van der Waals surface area contributed by atoms with E-state index in [-0.39, 0.29) is 12.6 Å². The number of carbonyl (C=O) groups excluding carboxylic acids is 1. The Hall–Kier alpha value is -3.27. The van der Waals surface area contributed by atoms with Gasteiger partial charge in [0.25, 0.3) is 5.91 Å². The number of fused-ring (bicyclic) bond motifs is 1. The van der Waals surface area contributed by atoms with E-state index >= 15 is 0 Å². The van der Waals surface area contributed by atoms with Crippen LogP contribution in [0.2, 0.25) is 10.0 Å². The predicted octanol–water partition coefficient (Wildman–Crippen LogP) is 4.00. The molecule has 0 spiro atoms. The third-order valence-electron chi connectivity index (χ3n) is 6.06. The van der Waals surface area contributed by atoms with Crippen molar-refractivity contribution < 1.29 is 9.53 Å². The maximum Gasteiger partial charge on any atom is 0.265 e. The number of amides is 1. The molecular formula is C24H25Cl2N7O2. The van der Waals surface area contributed by atoms with Gasteiger partial charge in [0.1, 0.15) is 17.1 Å². The molecule has 3 aromatic rings.